The molecule has 0 aromatic heterocycles. The van der Waals surface area contributed by atoms with Gasteiger partial charge in [0, 0.05) is 13.1 Å². The fourth-order valence-corrected chi connectivity index (χ4v) is 3.37. The normalized spacial score (nSPS) is 23.0. The van der Waals surface area contributed by atoms with Crippen LogP contribution >= 0.6 is 0 Å². The number of carbonyl (C=O) groups excluding carboxylic acids is 1. The van der Waals surface area contributed by atoms with E-state index < -0.39 is 0 Å². The topological polar surface area (TPSA) is 59.0 Å². The highest BCUT2D eigenvalue weighted by Gasteiger charge is 2.47. The van der Waals surface area contributed by atoms with E-state index in [1.54, 1.807) is 19.2 Å². The lowest BCUT2D eigenvalue weighted by Gasteiger charge is -2.51. The molecule has 5 nitrogen and oxygen atoms in total. The predicted octanol–water partition coefficient (Wildman–Crippen LogP) is 1.84. The van der Waals surface area contributed by atoms with E-state index in [9.17, 15) is 9.90 Å². The fourth-order valence-electron chi connectivity index (χ4n) is 3.37. The van der Waals surface area contributed by atoms with Crippen LogP contribution in [-0.2, 0) is 4.79 Å². The Morgan fingerprint density at radius 2 is 1.86 bits per heavy atom. The summed E-state index contributed by atoms with van der Waals surface area (Å²) >= 11 is 0. The number of ether oxygens (including phenoxy) is 2. The number of hydrogen-bond donors (Lipinski definition) is 1. The van der Waals surface area contributed by atoms with Crippen LogP contribution in [0.1, 0.15) is 25.7 Å². The number of aliphatic hydroxyl groups is 1. The summed E-state index contributed by atoms with van der Waals surface area (Å²) in [5, 5.41) is 9.90. The van der Waals surface area contributed by atoms with Crippen LogP contribution in [0.3, 0.4) is 0 Å². The Labute approximate surface area is 130 Å². The van der Waals surface area contributed by atoms with Crippen molar-refractivity contribution in [3.63, 3.8) is 0 Å². The molecule has 1 aromatic rings. The molecule has 120 valence electrons. The van der Waals surface area contributed by atoms with Gasteiger partial charge in [-0.25, -0.2) is 0 Å². The monoisotopic (exact) mass is 305 g/mol. The average Bonchev–Trinajstić information content (AvgIpc) is 2.58. The molecule has 2 fully saturated rings. The zero-order valence-electron chi connectivity index (χ0n) is 13.0. The molecule has 1 saturated carbocycles. The minimum absolute atomic E-state index is 0.0134. The van der Waals surface area contributed by atoms with Crippen molar-refractivity contribution in [2.45, 2.75) is 31.8 Å². The highest BCUT2D eigenvalue weighted by atomic mass is 16.5. The fraction of sp³-hybridized carbons (Fsp3) is 0.588. The largest absolute Gasteiger partial charge is 0.497 e. The molecule has 0 radical (unpaired) electrons. The van der Waals surface area contributed by atoms with Gasteiger partial charge in [0.25, 0.3) is 5.91 Å². The van der Waals surface area contributed by atoms with E-state index in [0.29, 0.717) is 5.75 Å². The average molecular weight is 305 g/mol. The van der Waals surface area contributed by atoms with Crippen LogP contribution in [0.2, 0.25) is 0 Å². The summed E-state index contributed by atoms with van der Waals surface area (Å²) in [4.78, 5) is 14.1. The highest BCUT2D eigenvalue weighted by Crippen LogP contribution is 2.48. The molecule has 1 unspecified atom stereocenters. The van der Waals surface area contributed by atoms with Gasteiger partial charge < -0.3 is 19.5 Å². The molecule has 1 aliphatic heterocycles. The van der Waals surface area contributed by atoms with Crippen molar-refractivity contribution >= 4 is 5.91 Å². The molecule has 1 aliphatic carbocycles. The SMILES string of the molecule is COc1ccc(OCC(=O)N2CCC3(CCC3O)CC2)cc1. The minimum Gasteiger partial charge on any atom is -0.497 e. The molecule has 0 bridgehead atoms. The number of carbonyl (C=O) groups is 1. The molecule has 1 atom stereocenters. The molecular weight excluding hydrogens is 282 g/mol. The number of nitrogens with zero attached hydrogens (tertiary/aromatic N) is 1. The van der Waals surface area contributed by atoms with Gasteiger partial charge in [-0.1, -0.05) is 0 Å². The Kier molecular flexibility index (Phi) is 4.25. The number of likely N-dealkylation sites (tertiary alicyclic amines) is 1. The van der Waals surface area contributed by atoms with E-state index in [1.807, 2.05) is 17.0 Å². The summed E-state index contributed by atoms with van der Waals surface area (Å²) in [5.74, 6) is 1.44. The maximum absolute atomic E-state index is 12.2. The van der Waals surface area contributed by atoms with Gasteiger partial charge in [-0.3, -0.25) is 4.79 Å². The summed E-state index contributed by atoms with van der Waals surface area (Å²) < 4.78 is 10.6. The van der Waals surface area contributed by atoms with Crippen molar-refractivity contribution in [3.05, 3.63) is 24.3 Å². The lowest BCUT2D eigenvalue weighted by Crippen LogP contribution is -2.53. The Hall–Kier alpha value is -1.75. The van der Waals surface area contributed by atoms with Crippen LogP contribution in [0.5, 0.6) is 11.5 Å². The summed E-state index contributed by atoms with van der Waals surface area (Å²) in [6, 6.07) is 7.20. The molecule has 1 spiro atoms. The Morgan fingerprint density at radius 1 is 1.23 bits per heavy atom. The van der Waals surface area contributed by atoms with Gasteiger partial charge >= 0.3 is 0 Å². The number of aliphatic hydroxyl groups excluding tert-OH is 1. The van der Waals surface area contributed by atoms with Gasteiger partial charge in [0.15, 0.2) is 6.61 Å². The van der Waals surface area contributed by atoms with Crippen molar-refractivity contribution in [1.82, 2.24) is 4.90 Å². The van der Waals surface area contributed by atoms with Crippen LogP contribution in [0, 0.1) is 5.41 Å². The van der Waals surface area contributed by atoms with E-state index in [4.69, 9.17) is 9.47 Å². The Balaban J connectivity index is 1.46. The quantitative estimate of drug-likeness (QED) is 0.922. The lowest BCUT2D eigenvalue weighted by atomic mass is 9.61. The third-order valence-corrected chi connectivity index (χ3v) is 5.16. The summed E-state index contributed by atoms with van der Waals surface area (Å²) in [6.45, 7) is 1.51. The number of benzene rings is 1. The van der Waals surface area contributed by atoms with Gasteiger partial charge in [0.1, 0.15) is 11.5 Å². The minimum atomic E-state index is -0.166. The molecule has 2 aliphatic rings. The molecule has 5 heteroatoms. The molecule has 22 heavy (non-hydrogen) atoms. The molecule has 3 rings (SSSR count). The van der Waals surface area contributed by atoms with Gasteiger partial charge in [-0.15, -0.1) is 0 Å². The van der Waals surface area contributed by atoms with Crippen LogP contribution in [-0.4, -0.2) is 48.8 Å². The molecule has 1 heterocycles. The third kappa shape index (κ3) is 2.90. The second-order valence-corrected chi connectivity index (χ2v) is 6.26. The van der Waals surface area contributed by atoms with Crippen LogP contribution in [0.25, 0.3) is 0 Å². The molecule has 1 saturated heterocycles. The van der Waals surface area contributed by atoms with Crippen LogP contribution in [0.15, 0.2) is 24.3 Å². The smallest absolute Gasteiger partial charge is 0.260 e. The molecule has 1 aromatic carbocycles. The first-order chi connectivity index (χ1) is 10.6. The van der Waals surface area contributed by atoms with E-state index in [0.717, 1.165) is 44.5 Å². The van der Waals surface area contributed by atoms with Gasteiger partial charge in [-0.2, -0.15) is 0 Å². The molecule has 1 amide bonds. The second-order valence-electron chi connectivity index (χ2n) is 6.26. The van der Waals surface area contributed by atoms with Gasteiger partial charge in [-0.05, 0) is 55.4 Å². The zero-order chi connectivity index (χ0) is 15.6. The third-order valence-electron chi connectivity index (χ3n) is 5.16. The van der Waals surface area contributed by atoms with Crippen LogP contribution in [0.4, 0.5) is 0 Å². The van der Waals surface area contributed by atoms with Crippen molar-refractivity contribution in [3.8, 4) is 11.5 Å². The number of amides is 1. The van der Waals surface area contributed by atoms with Crippen molar-refractivity contribution in [2.75, 3.05) is 26.8 Å². The van der Waals surface area contributed by atoms with Gasteiger partial charge in [0.05, 0.1) is 13.2 Å². The molecule has 1 N–H and O–H groups in total. The first kappa shape index (κ1) is 15.2. The summed E-state index contributed by atoms with van der Waals surface area (Å²) in [6.07, 6.45) is 3.65. The standard InChI is InChI=1S/C17H23NO4/c1-21-13-2-4-14(5-3-13)22-12-16(20)18-10-8-17(9-11-18)7-6-15(17)19/h2-5,15,19H,6-12H2,1H3. The van der Waals surface area contributed by atoms with Crippen molar-refractivity contribution in [1.29, 1.82) is 0 Å². The van der Waals surface area contributed by atoms with Crippen LogP contribution < -0.4 is 9.47 Å². The number of methoxy groups -OCH3 is 1. The van der Waals surface area contributed by atoms with Crippen molar-refractivity contribution in [2.24, 2.45) is 5.41 Å². The zero-order valence-corrected chi connectivity index (χ0v) is 13.0. The molecular formula is C17H23NO4. The van der Waals surface area contributed by atoms with E-state index in [2.05, 4.69) is 0 Å². The van der Waals surface area contributed by atoms with Crippen molar-refractivity contribution < 1.29 is 19.4 Å². The summed E-state index contributed by atoms with van der Waals surface area (Å²) in [7, 11) is 1.61. The lowest BCUT2D eigenvalue weighted by molar-refractivity contribution is -0.143. The summed E-state index contributed by atoms with van der Waals surface area (Å²) in [5.41, 5.74) is 0.0909. The van der Waals surface area contributed by atoms with E-state index in [1.165, 1.54) is 0 Å². The van der Waals surface area contributed by atoms with E-state index >= 15 is 0 Å². The van der Waals surface area contributed by atoms with E-state index in [-0.39, 0.29) is 24.0 Å². The number of rotatable bonds is 4. The maximum Gasteiger partial charge on any atom is 0.260 e. The Morgan fingerprint density at radius 3 is 2.36 bits per heavy atom. The first-order valence-corrected chi connectivity index (χ1v) is 7.86. The number of piperidine rings is 1. The second kappa shape index (κ2) is 6.16. The maximum atomic E-state index is 12.2. The highest BCUT2D eigenvalue weighted by molar-refractivity contribution is 5.77. The number of hydrogen-bond acceptors (Lipinski definition) is 4. The Bertz CT molecular complexity index is 520. The first-order valence-electron chi connectivity index (χ1n) is 7.86. The van der Waals surface area contributed by atoms with Gasteiger partial charge in [0.2, 0.25) is 0 Å². The predicted molar refractivity (Wildman–Crippen MR) is 82.0 cm³/mol.